The first-order valence-electron chi connectivity index (χ1n) is 6.53. The summed E-state index contributed by atoms with van der Waals surface area (Å²) in [5.74, 6) is 0.270. The highest BCUT2D eigenvalue weighted by molar-refractivity contribution is 5.73. The second kappa shape index (κ2) is 8.28. The molecule has 8 nitrogen and oxygen atoms in total. The quantitative estimate of drug-likeness (QED) is 0.310. The van der Waals surface area contributed by atoms with Gasteiger partial charge in [0, 0.05) is 45.0 Å². The van der Waals surface area contributed by atoms with E-state index in [0.29, 0.717) is 18.7 Å². The van der Waals surface area contributed by atoms with E-state index in [0.717, 1.165) is 0 Å². The van der Waals surface area contributed by atoms with Crippen molar-refractivity contribution in [3.63, 3.8) is 0 Å². The molecule has 0 aliphatic carbocycles. The summed E-state index contributed by atoms with van der Waals surface area (Å²) in [6.45, 7) is 2.80. The molecule has 0 saturated heterocycles. The Labute approximate surface area is 123 Å². The van der Waals surface area contributed by atoms with Crippen molar-refractivity contribution in [1.82, 2.24) is 0 Å². The SMILES string of the molecule is CCNc1cc(OCCC(OC)OC)c(N)c([N+](=O)[O-])c1. The number of benzene rings is 1. The maximum absolute atomic E-state index is 11.0. The molecule has 1 aromatic carbocycles. The van der Waals surface area contributed by atoms with E-state index >= 15 is 0 Å². The molecule has 0 fully saturated rings. The monoisotopic (exact) mass is 299 g/mol. The Morgan fingerprint density at radius 2 is 2.05 bits per heavy atom. The fraction of sp³-hybridized carbons (Fsp3) is 0.538. The lowest BCUT2D eigenvalue weighted by Crippen LogP contribution is -2.17. The molecule has 0 aromatic heterocycles. The van der Waals surface area contributed by atoms with Crippen LogP contribution in [0.5, 0.6) is 5.75 Å². The van der Waals surface area contributed by atoms with E-state index < -0.39 is 11.2 Å². The van der Waals surface area contributed by atoms with Crippen LogP contribution in [0.1, 0.15) is 13.3 Å². The Morgan fingerprint density at radius 3 is 2.57 bits per heavy atom. The van der Waals surface area contributed by atoms with Crippen LogP contribution >= 0.6 is 0 Å². The molecule has 0 unspecified atom stereocenters. The van der Waals surface area contributed by atoms with Crippen LogP contribution in [0, 0.1) is 10.1 Å². The lowest BCUT2D eigenvalue weighted by molar-refractivity contribution is -0.383. The molecule has 0 bridgehead atoms. The molecule has 8 heteroatoms. The zero-order chi connectivity index (χ0) is 15.8. The van der Waals surface area contributed by atoms with Gasteiger partial charge >= 0.3 is 0 Å². The molecule has 0 spiro atoms. The van der Waals surface area contributed by atoms with Gasteiger partial charge in [-0.2, -0.15) is 0 Å². The first-order chi connectivity index (χ1) is 10.0. The van der Waals surface area contributed by atoms with E-state index in [1.54, 1.807) is 6.07 Å². The summed E-state index contributed by atoms with van der Waals surface area (Å²) < 4.78 is 15.6. The number of nitrogen functional groups attached to an aromatic ring is 1. The zero-order valence-corrected chi connectivity index (χ0v) is 12.4. The minimum absolute atomic E-state index is 0.00744. The predicted octanol–water partition coefficient (Wildman–Crippen LogP) is 2.00. The van der Waals surface area contributed by atoms with Gasteiger partial charge in [-0.15, -0.1) is 0 Å². The summed E-state index contributed by atoms with van der Waals surface area (Å²) in [6, 6.07) is 3.03. The molecule has 0 atom stereocenters. The van der Waals surface area contributed by atoms with Gasteiger partial charge in [0.2, 0.25) is 0 Å². The van der Waals surface area contributed by atoms with Gasteiger partial charge < -0.3 is 25.3 Å². The number of ether oxygens (including phenoxy) is 3. The maximum atomic E-state index is 11.0. The smallest absolute Gasteiger partial charge is 0.298 e. The Hall–Kier alpha value is -2.06. The van der Waals surface area contributed by atoms with E-state index in [1.165, 1.54) is 20.3 Å². The maximum Gasteiger partial charge on any atom is 0.298 e. The highest BCUT2D eigenvalue weighted by Crippen LogP contribution is 2.35. The third-order valence-electron chi connectivity index (χ3n) is 2.83. The summed E-state index contributed by atoms with van der Waals surface area (Å²) in [4.78, 5) is 10.5. The van der Waals surface area contributed by atoms with Crippen LogP contribution in [-0.2, 0) is 9.47 Å². The van der Waals surface area contributed by atoms with E-state index in [2.05, 4.69) is 5.32 Å². The molecule has 0 heterocycles. The molecular weight excluding hydrogens is 278 g/mol. The molecule has 0 saturated carbocycles. The van der Waals surface area contributed by atoms with Crippen LogP contribution in [0.2, 0.25) is 0 Å². The fourth-order valence-corrected chi connectivity index (χ4v) is 1.79. The minimum Gasteiger partial charge on any atom is -0.491 e. The van der Waals surface area contributed by atoms with Gasteiger partial charge in [-0.25, -0.2) is 0 Å². The third-order valence-corrected chi connectivity index (χ3v) is 2.83. The predicted molar refractivity (Wildman–Crippen MR) is 79.6 cm³/mol. The van der Waals surface area contributed by atoms with Crippen molar-refractivity contribution in [3.05, 3.63) is 22.2 Å². The summed E-state index contributed by atoms with van der Waals surface area (Å²) >= 11 is 0. The highest BCUT2D eigenvalue weighted by Gasteiger charge is 2.18. The van der Waals surface area contributed by atoms with E-state index in [1.807, 2.05) is 6.92 Å². The van der Waals surface area contributed by atoms with Gasteiger partial charge in [-0.3, -0.25) is 10.1 Å². The molecule has 118 valence electrons. The lowest BCUT2D eigenvalue weighted by atomic mass is 10.2. The number of methoxy groups -OCH3 is 2. The van der Waals surface area contributed by atoms with Crippen molar-refractivity contribution in [2.24, 2.45) is 0 Å². The van der Waals surface area contributed by atoms with Crippen molar-refractivity contribution in [1.29, 1.82) is 0 Å². The Bertz CT molecular complexity index is 477. The number of nitrogens with one attached hydrogen (secondary N) is 1. The van der Waals surface area contributed by atoms with Crippen molar-refractivity contribution >= 4 is 17.1 Å². The van der Waals surface area contributed by atoms with Crippen molar-refractivity contribution in [2.75, 3.05) is 38.4 Å². The van der Waals surface area contributed by atoms with E-state index in [4.69, 9.17) is 19.9 Å². The van der Waals surface area contributed by atoms with Crippen molar-refractivity contribution < 1.29 is 19.1 Å². The first kappa shape index (κ1) is 17.0. The number of nitrogens with zero attached hydrogens (tertiary/aromatic N) is 1. The Kier molecular flexibility index (Phi) is 6.70. The average Bonchev–Trinajstić information content (AvgIpc) is 2.46. The molecule has 1 aromatic rings. The van der Waals surface area contributed by atoms with Gasteiger partial charge in [0.15, 0.2) is 17.7 Å². The number of hydrogen-bond acceptors (Lipinski definition) is 7. The highest BCUT2D eigenvalue weighted by atomic mass is 16.7. The number of hydrogen-bond donors (Lipinski definition) is 2. The summed E-state index contributed by atoms with van der Waals surface area (Å²) in [5, 5.41) is 14.0. The van der Waals surface area contributed by atoms with Gasteiger partial charge in [0.1, 0.15) is 0 Å². The molecule has 0 radical (unpaired) electrons. The van der Waals surface area contributed by atoms with E-state index in [9.17, 15) is 10.1 Å². The Balaban J connectivity index is 2.86. The van der Waals surface area contributed by atoms with Gasteiger partial charge in [0.25, 0.3) is 5.69 Å². The van der Waals surface area contributed by atoms with Gasteiger partial charge in [-0.05, 0) is 6.92 Å². The van der Waals surface area contributed by atoms with Gasteiger partial charge in [-0.1, -0.05) is 0 Å². The van der Waals surface area contributed by atoms with Crippen LogP contribution in [0.15, 0.2) is 12.1 Å². The minimum atomic E-state index is -0.532. The summed E-state index contributed by atoms with van der Waals surface area (Å²) in [5.41, 5.74) is 6.19. The number of rotatable bonds is 9. The fourth-order valence-electron chi connectivity index (χ4n) is 1.79. The van der Waals surface area contributed by atoms with Gasteiger partial charge in [0.05, 0.1) is 11.5 Å². The molecule has 1 rings (SSSR count). The first-order valence-corrected chi connectivity index (χ1v) is 6.53. The lowest BCUT2D eigenvalue weighted by Gasteiger charge is -2.15. The Morgan fingerprint density at radius 1 is 1.38 bits per heavy atom. The number of nitrogens with two attached hydrogens (primary N) is 1. The number of nitro groups is 1. The third kappa shape index (κ3) is 4.76. The second-order valence-corrected chi connectivity index (χ2v) is 4.23. The summed E-state index contributed by atoms with van der Waals surface area (Å²) in [7, 11) is 3.05. The average molecular weight is 299 g/mol. The van der Waals surface area contributed by atoms with Crippen LogP contribution in [0.4, 0.5) is 17.1 Å². The van der Waals surface area contributed by atoms with Crippen LogP contribution in [0.25, 0.3) is 0 Å². The standard InChI is InChI=1S/C13H21N3O5/c1-4-15-9-7-10(16(17)18)13(14)11(8-9)21-6-5-12(19-2)20-3/h7-8,12,15H,4-6,14H2,1-3H3. The molecular formula is C13H21N3O5. The zero-order valence-electron chi connectivity index (χ0n) is 12.4. The van der Waals surface area contributed by atoms with Crippen LogP contribution in [-0.4, -0.2) is 38.6 Å². The van der Waals surface area contributed by atoms with Crippen molar-refractivity contribution in [3.8, 4) is 5.75 Å². The molecule has 0 aliphatic heterocycles. The topological polar surface area (TPSA) is 109 Å². The molecule has 3 N–H and O–H groups in total. The van der Waals surface area contributed by atoms with Crippen molar-refractivity contribution in [2.45, 2.75) is 19.6 Å². The normalized spacial score (nSPS) is 10.7. The largest absolute Gasteiger partial charge is 0.491 e. The van der Waals surface area contributed by atoms with Crippen LogP contribution in [0.3, 0.4) is 0 Å². The van der Waals surface area contributed by atoms with E-state index in [-0.39, 0.29) is 23.7 Å². The second-order valence-electron chi connectivity index (χ2n) is 4.23. The number of anilines is 2. The number of nitro benzene ring substituents is 1. The molecule has 0 amide bonds. The van der Waals surface area contributed by atoms with Crippen LogP contribution < -0.4 is 15.8 Å². The molecule has 0 aliphatic rings. The summed E-state index contributed by atoms with van der Waals surface area (Å²) in [6.07, 6.45) is 0.0873. The molecule has 21 heavy (non-hydrogen) atoms.